The third-order valence-corrected chi connectivity index (χ3v) is 1.31. The highest BCUT2D eigenvalue weighted by atomic mass is 16.5. The van der Waals surface area contributed by atoms with E-state index in [0.29, 0.717) is 17.6 Å². The molecule has 0 aliphatic rings. The number of nitrogens with two attached hydrogens (primary N) is 1. The minimum atomic E-state index is 0.0162. The topological polar surface area (TPSA) is 69.4 Å². The maximum absolute atomic E-state index is 10.3. The van der Waals surface area contributed by atoms with Gasteiger partial charge in [0.25, 0.3) is 0 Å². The van der Waals surface area contributed by atoms with Crippen LogP contribution in [0.2, 0.25) is 0 Å². The van der Waals surface area contributed by atoms with Gasteiger partial charge >= 0.3 is 0 Å². The van der Waals surface area contributed by atoms with Crippen molar-refractivity contribution in [3.63, 3.8) is 0 Å². The lowest BCUT2D eigenvalue weighted by Gasteiger charge is -2.00. The predicted octanol–water partition coefficient (Wildman–Crippen LogP) is 0.652. The van der Waals surface area contributed by atoms with Gasteiger partial charge in [-0.2, -0.15) is 0 Å². The van der Waals surface area contributed by atoms with Crippen LogP contribution in [0, 0.1) is 0 Å². The average Bonchev–Trinajstić information content (AvgIpc) is 2.29. The molecular weight excluding hydrogens is 182 g/mol. The number of carbonyl (C=O) groups is 2. The van der Waals surface area contributed by atoms with Crippen molar-refractivity contribution in [1.82, 2.24) is 0 Å². The van der Waals surface area contributed by atoms with Gasteiger partial charge in [0.1, 0.15) is 18.6 Å². The van der Waals surface area contributed by atoms with Gasteiger partial charge in [0.15, 0.2) is 6.29 Å². The van der Waals surface area contributed by atoms with Crippen molar-refractivity contribution >= 4 is 12.6 Å². The Balaban J connectivity index is 0.000000791. The van der Waals surface area contributed by atoms with E-state index in [1.165, 1.54) is 7.05 Å². The van der Waals surface area contributed by atoms with Gasteiger partial charge in [-0.05, 0) is 19.2 Å². The zero-order chi connectivity index (χ0) is 10.8. The largest absolute Gasteiger partial charge is 0.486 e. The van der Waals surface area contributed by atoms with E-state index in [1.54, 1.807) is 24.3 Å². The van der Waals surface area contributed by atoms with E-state index < -0.39 is 0 Å². The molecule has 0 atom stereocenters. The first-order chi connectivity index (χ1) is 6.86. The molecule has 76 valence electrons. The van der Waals surface area contributed by atoms with E-state index in [9.17, 15) is 9.59 Å². The molecule has 0 saturated carbocycles. The van der Waals surface area contributed by atoms with Crippen molar-refractivity contribution in [1.29, 1.82) is 0 Å². The molecule has 0 saturated heterocycles. The molecule has 0 radical (unpaired) electrons. The predicted molar refractivity (Wildman–Crippen MR) is 53.5 cm³/mol. The van der Waals surface area contributed by atoms with Gasteiger partial charge < -0.3 is 10.5 Å². The van der Waals surface area contributed by atoms with Crippen LogP contribution in [0.15, 0.2) is 24.3 Å². The molecule has 0 aromatic heterocycles. The highest BCUT2D eigenvalue weighted by Crippen LogP contribution is 2.10. The lowest BCUT2D eigenvalue weighted by molar-refractivity contribution is -0.109. The number of benzene rings is 1. The molecule has 0 heterocycles. The first-order valence-electron chi connectivity index (χ1n) is 4.06. The summed E-state index contributed by atoms with van der Waals surface area (Å²) in [4.78, 5) is 20.2. The number of rotatable bonds is 4. The summed E-state index contributed by atoms with van der Waals surface area (Å²) in [6.07, 6.45) is 1.39. The lowest BCUT2D eigenvalue weighted by Crippen LogP contribution is -1.97. The van der Waals surface area contributed by atoms with Gasteiger partial charge in [-0.3, -0.25) is 9.59 Å². The van der Waals surface area contributed by atoms with E-state index in [-0.39, 0.29) is 6.61 Å². The fourth-order valence-electron chi connectivity index (χ4n) is 0.808. The number of aldehydes is 2. The molecule has 0 unspecified atom stereocenters. The Hall–Kier alpha value is -1.68. The van der Waals surface area contributed by atoms with E-state index in [4.69, 9.17) is 4.74 Å². The fourth-order valence-corrected chi connectivity index (χ4v) is 0.808. The second kappa shape index (κ2) is 7.94. The molecule has 0 amide bonds. The van der Waals surface area contributed by atoms with E-state index in [1.807, 2.05) is 0 Å². The van der Waals surface area contributed by atoms with Crippen molar-refractivity contribution in [2.75, 3.05) is 13.7 Å². The minimum absolute atomic E-state index is 0.0162. The number of carbonyl (C=O) groups excluding carboxylic acids is 2. The van der Waals surface area contributed by atoms with Crippen LogP contribution in [0.4, 0.5) is 0 Å². The molecule has 1 rings (SSSR count). The molecule has 14 heavy (non-hydrogen) atoms. The van der Waals surface area contributed by atoms with Gasteiger partial charge in [0, 0.05) is 5.56 Å². The van der Waals surface area contributed by atoms with Crippen molar-refractivity contribution in [3.8, 4) is 5.75 Å². The maximum Gasteiger partial charge on any atom is 0.157 e. The van der Waals surface area contributed by atoms with Crippen LogP contribution >= 0.6 is 0 Å². The molecule has 2 N–H and O–H groups in total. The van der Waals surface area contributed by atoms with E-state index >= 15 is 0 Å². The monoisotopic (exact) mass is 195 g/mol. The van der Waals surface area contributed by atoms with Gasteiger partial charge in [-0.15, -0.1) is 0 Å². The van der Waals surface area contributed by atoms with Crippen molar-refractivity contribution in [3.05, 3.63) is 29.8 Å². The quantitative estimate of drug-likeness (QED) is 0.716. The van der Waals surface area contributed by atoms with Gasteiger partial charge in [0.05, 0.1) is 0 Å². The summed E-state index contributed by atoms with van der Waals surface area (Å²) in [7, 11) is 1.50. The lowest BCUT2D eigenvalue weighted by atomic mass is 10.2. The molecule has 0 aliphatic carbocycles. The Morgan fingerprint density at radius 2 is 2.07 bits per heavy atom. The first kappa shape index (κ1) is 12.3. The molecule has 0 fully saturated rings. The first-order valence-corrected chi connectivity index (χ1v) is 4.06. The molecule has 4 heteroatoms. The fraction of sp³-hybridized carbons (Fsp3) is 0.200. The van der Waals surface area contributed by atoms with Crippen LogP contribution in [-0.2, 0) is 4.79 Å². The summed E-state index contributed by atoms with van der Waals surface area (Å²) in [6, 6.07) is 6.64. The molecule has 0 spiro atoms. The Morgan fingerprint density at radius 1 is 1.36 bits per heavy atom. The van der Waals surface area contributed by atoms with Crippen LogP contribution in [-0.4, -0.2) is 26.2 Å². The molecule has 1 aromatic carbocycles. The molecule has 4 nitrogen and oxygen atoms in total. The molecule has 0 aliphatic heterocycles. The van der Waals surface area contributed by atoms with E-state index in [2.05, 4.69) is 5.73 Å². The Bertz CT molecular complexity index is 286. The SMILES string of the molecule is CN.O=CCOc1cccc(C=O)c1. The Labute approximate surface area is 82.7 Å². The van der Waals surface area contributed by atoms with Crippen LogP contribution in [0.1, 0.15) is 10.4 Å². The van der Waals surface area contributed by atoms with Gasteiger partial charge in [-0.25, -0.2) is 0 Å². The zero-order valence-electron chi connectivity index (χ0n) is 7.97. The van der Waals surface area contributed by atoms with Gasteiger partial charge in [0.2, 0.25) is 0 Å². The summed E-state index contributed by atoms with van der Waals surface area (Å²) < 4.78 is 4.97. The Morgan fingerprint density at radius 3 is 2.64 bits per heavy atom. The summed E-state index contributed by atoms with van der Waals surface area (Å²) in [5, 5.41) is 0. The third kappa shape index (κ3) is 4.37. The molecule has 0 bridgehead atoms. The summed E-state index contributed by atoms with van der Waals surface area (Å²) in [5.74, 6) is 0.534. The Kier molecular flexibility index (Phi) is 6.99. The number of ether oxygens (including phenoxy) is 1. The number of hydrogen-bond acceptors (Lipinski definition) is 4. The highest BCUT2D eigenvalue weighted by molar-refractivity contribution is 5.75. The maximum atomic E-state index is 10.3. The van der Waals surface area contributed by atoms with Crippen molar-refractivity contribution in [2.45, 2.75) is 0 Å². The third-order valence-electron chi connectivity index (χ3n) is 1.31. The molecule has 1 aromatic rings. The standard InChI is InChI=1S/C9H8O3.CH5N/c10-4-5-12-9-3-1-2-8(6-9)7-11;1-2/h1-4,6-7H,5H2;2H2,1H3. The highest BCUT2D eigenvalue weighted by Gasteiger charge is 1.93. The van der Waals surface area contributed by atoms with E-state index in [0.717, 1.165) is 6.29 Å². The molecular formula is C10H13NO3. The van der Waals surface area contributed by atoms with Crippen molar-refractivity contribution < 1.29 is 14.3 Å². The average molecular weight is 195 g/mol. The van der Waals surface area contributed by atoms with Gasteiger partial charge in [-0.1, -0.05) is 12.1 Å². The minimum Gasteiger partial charge on any atom is -0.486 e. The second-order valence-electron chi connectivity index (χ2n) is 2.17. The smallest absolute Gasteiger partial charge is 0.157 e. The second-order valence-corrected chi connectivity index (χ2v) is 2.17. The summed E-state index contributed by atoms with van der Waals surface area (Å²) >= 11 is 0. The van der Waals surface area contributed by atoms with Crippen LogP contribution < -0.4 is 10.5 Å². The van der Waals surface area contributed by atoms with Crippen molar-refractivity contribution in [2.24, 2.45) is 5.73 Å². The normalized spacial score (nSPS) is 8.14. The summed E-state index contributed by atoms with van der Waals surface area (Å²) in [5.41, 5.74) is 5.04. The van der Waals surface area contributed by atoms with Crippen LogP contribution in [0.25, 0.3) is 0 Å². The van der Waals surface area contributed by atoms with Crippen LogP contribution in [0.3, 0.4) is 0 Å². The number of hydrogen-bond donors (Lipinski definition) is 1. The van der Waals surface area contributed by atoms with Crippen LogP contribution in [0.5, 0.6) is 5.75 Å². The summed E-state index contributed by atoms with van der Waals surface area (Å²) in [6.45, 7) is 0.0162. The zero-order valence-corrected chi connectivity index (χ0v) is 7.97.